The third-order valence-electron chi connectivity index (χ3n) is 3.32. The molecule has 0 radical (unpaired) electrons. The molecule has 0 aromatic carbocycles. The second-order valence-corrected chi connectivity index (χ2v) is 6.66. The van der Waals surface area contributed by atoms with Crippen LogP contribution in [0.4, 0.5) is 70.2 Å². The van der Waals surface area contributed by atoms with Gasteiger partial charge in [-0.15, -0.1) is 11.6 Å². The number of ether oxygens (including phenoxy) is 4. The van der Waals surface area contributed by atoms with Crippen molar-refractivity contribution in [1.29, 1.82) is 0 Å². The van der Waals surface area contributed by atoms with Gasteiger partial charge in [-0.1, -0.05) is 0 Å². The first-order chi connectivity index (χ1) is 15.4. The van der Waals surface area contributed by atoms with Crippen LogP contribution in [0.3, 0.4) is 0 Å². The first-order valence-electron chi connectivity index (χ1n) is 8.44. The first kappa shape index (κ1) is 34.0. The third-order valence-corrected chi connectivity index (χ3v) is 3.59. The molecule has 0 aromatic rings. The van der Waals surface area contributed by atoms with Gasteiger partial charge in [0, 0.05) is 12.5 Å². The Hall–Kier alpha value is -0.990. The summed E-state index contributed by atoms with van der Waals surface area (Å²) in [5, 5.41) is 0. The second-order valence-electron chi connectivity index (χ2n) is 6.29. The lowest BCUT2D eigenvalue weighted by molar-refractivity contribution is -0.537. The molecule has 0 aliphatic carbocycles. The van der Waals surface area contributed by atoms with Crippen LogP contribution in [0.25, 0.3) is 0 Å². The van der Waals surface area contributed by atoms with Gasteiger partial charge in [-0.3, -0.25) is 4.74 Å². The molecule has 0 bridgehead atoms. The Labute approximate surface area is 189 Å². The molecule has 21 heteroatoms. The molecule has 0 saturated heterocycles. The van der Waals surface area contributed by atoms with E-state index in [9.17, 15) is 70.2 Å². The Morgan fingerprint density at radius 1 is 0.600 bits per heavy atom. The Bertz CT molecular complexity index is 659. The topological polar surface area (TPSA) is 36.9 Å². The lowest BCUT2D eigenvalue weighted by atomic mass is 10.1. The minimum Gasteiger partial charge on any atom is -0.375 e. The number of rotatable bonds is 16. The monoisotopic (exact) mass is 584 g/mol. The zero-order valence-corrected chi connectivity index (χ0v) is 17.1. The minimum atomic E-state index is -7.91. The van der Waals surface area contributed by atoms with Crippen LogP contribution in [-0.2, 0) is 18.9 Å². The summed E-state index contributed by atoms with van der Waals surface area (Å²) < 4.78 is 220. The molecular weight excluding hydrogens is 572 g/mol. The van der Waals surface area contributed by atoms with Gasteiger partial charge in [0.15, 0.2) is 0 Å². The van der Waals surface area contributed by atoms with Crippen LogP contribution >= 0.6 is 11.6 Å². The van der Waals surface area contributed by atoms with Crippen LogP contribution in [0.5, 0.6) is 0 Å². The summed E-state index contributed by atoms with van der Waals surface area (Å²) in [7, 11) is 0. The Balaban J connectivity index is 5.89. The normalized spacial score (nSPS) is 16.6. The van der Waals surface area contributed by atoms with E-state index >= 15 is 0 Å². The summed E-state index contributed by atoms with van der Waals surface area (Å²) in [5.74, 6) is -20.3. The van der Waals surface area contributed by atoms with Gasteiger partial charge in [-0.05, 0) is 6.42 Å². The van der Waals surface area contributed by atoms with E-state index in [1.807, 2.05) is 0 Å². The summed E-state index contributed by atoms with van der Waals surface area (Å²) in [6, 6.07) is 0. The smallest absolute Gasteiger partial charge is 0.375 e. The van der Waals surface area contributed by atoms with Crippen LogP contribution in [0.2, 0.25) is 0 Å². The molecule has 0 spiro atoms. The van der Waals surface area contributed by atoms with E-state index in [1.165, 1.54) is 0 Å². The van der Waals surface area contributed by atoms with Gasteiger partial charge in [-0.2, -0.15) is 57.1 Å². The van der Waals surface area contributed by atoms with Crippen molar-refractivity contribution in [3.63, 3.8) is 0 Å². The largest absolute Gasteiger partial charge is 0.460 e. The molecule has 0 rings (SSSR count). The molecule has 0 aliphatic heterocycles. The van der Waals surface area contributed by atoms with E-state index in [2.05, 4.69) is 14.2 Å². The van der Waals surface area contributed by atoms with Gasteiger partial charge in [0.25, 0.3) is 12.3 Å². The second kappa shape index (κ2) is 11.6. The highest BCUT2D eigenvalue weighted by Gasteiger charge is 2.85. The van der Waals surface area contributed by atoms with E-state index in [-0.39, 0.29) is 12.3 Å². The number of alkyl halides is 17. The molecule has 0 aromatic heterocycles. The minimum absolute atomic E-state index is 0.153. The SMILES string of the molecule is FC(F)COC[C@@](F)(COCCCCl)OC(F)(F)C(F)(F)OC(F)(F)C(F)(F)C(F)(F)C(F)(F)F. The van der Waals surface area contributed by atoms with Crippen LogP contribution in [0, 0.1) is 0 Å². The number of hydrogen-bond donors (Lipinski definition) is 0. The molecule has 0 N–H and O–H groups in total. The fourth-order valence-electron chi connectivity index (χ4n) is 1.72. The molecular formula is C14H13ClF16O4. The van der Waals surface area contributed by atoms with Crippen molar-refractivity contribution in [1.82, 2.24) is 0 Å². The molecule has 4 nitrogen and oxygen atoms in total. The predicted molar refractivity (Wildman–Crippen MR) is 79.8 cm³/mol. The fraction of sp³-hybridized carbons (Fsp3) is 1.00. The average Bonchev–Trinajstić information content (AvgIpc) is 2.62. The van der Waals surface area contributed by atoms with Crippen molar-refractivity contribution in [3.8, 4) is 0 Å². The van der Waals surface area contributed by atoms with Crippen LogP contribution in [-0.4, -0.2) is 80.9 Å². The van der Waals surface area contributed by atoms with Gasteiger partial charge in [-0.25, -0.2) is 17.9 Å². The lowest BCUT2D eigenvalue weighted by Crippen LogP contribution is -2.64. The van der Waals surface area contributed by atoms with E-state index in [0.29, 0.717) is 0 Å². The Kier molecular flexibility index (Phi) is 11.3. The van der Waals surface area contributed by atoms with Crippen molar-refractivity contribution in [2.75, 3.05) is 32.3 Å². The number of halogens is 17. The Morgan fingerprint density at radius 3 is 1.49 bits per heavy atom. The summed E-state index contributed by atoms with van der Waals surface area (Å²) >= 11 is 5.19. The lowest BCUT2D eigenvalue weighted by Gasteiger charge is -2.37. The highest BCUT2D eigenvalue weighted by atomic mass is 35.5. The van der Waals surface area contributed by atoms with E-state index < -0.39 is 75.1 Å². The van der Waals surface area contributed by atoms with Crippen molar-refractivity contribution in [3.05, 3.63) is 0 Å². The van der Waals surface area contributed by atoms with E-state index in [0.717, 1.165) is 0 Å². The molecule has 0 fully saturated rings. The van der Waals surface area contributed by atoms with Gasteiger partial charge < -0.3 is 9.47 Å². The van der Waals surface area contributed by atoms with Crippen LogP contribution < -0.4 is 0 Å². The highest BCUT2D eigenvalue weighted by Crippen LogP contribution is 2.55. The summed E-state index contributed by atoms with van der Waals surface area (Å²) in [4.78, 5) is 0. The molecule has 0 unspecified atom stereocenters. The average molecular weight is 585 g/mol. The maximum absolute atomic E-state index is 14.5. The van der Waals surface area contributed by atoms with Crippen LogP contribution in [0.1, 0.15) is 6.42 Å². The van der Waals surface area contributed by atoms with Gasteiger partial charge >= 0.3 is 36.3 Å². The highest BCUT2D eigenvalue weighted by molar-refractivity contribution is 6.17. The summed E-state index contributed by atoms with van der Waals surface area (Å²) in [6.45, 7) is -6.35. The predicted octanol–water partition coefficient (Wildman–Crippen LogP) is 6.22. The molecule has 0 saturated carbocycles. The third kappa shape index (κ3) is 8.53. The molecule has 0 aliphatic rings. The zero-order chi connectivity index (χ0) is 28.1. The fourth-order valence-corrected chi connectivity index (χ4v) is 1.83. The molecule has 35 heavy (non-hydrogen) atoms. The molecule has 1 atom stereocenters. The van der Waals surface area contributed by atoms with Crippen LogP contribution in [0.15, 0.2) is 0 Å². The van der Waals surface area contributed by atoms with Gasteiger partial charge in [0.2, 0.25) is 0 Å². The summed E-state index contributed by atoms with van der Waals surface area (Å²) in [5.41, 5.74) is 0. The number of hydrogen-bond acceptors (Lipinski definition) is 4. The van der Waals surface area contributed by atoms with Crippen molar-refractivity contribution < 1.29 is 89.2 Å². The maximum Gasteiger partial charge on any atom is 0.460 e. The molecule has 212 valence electrons. The molecule has 0 heterocycles. The standard InChI is InChI=1S/C14H13ClF16O4/c15-2-1-3-32-5-8(18,6-33-4-7(16)17)34-13(28,29)14(30,31)35-12(26,27)10(21,22)9(19,20)11(23,24)25/h7H,1-6H2/t8-/m1/s1. The first-order valence-corrected chi connectivity index (χ1v) is 8.97. The van der Waals surface area contributed by atoms with E-state index in [4.69, 9.17) is 11.6 Å². The van der Waals surface area contributed by atoms with Gasteiger partial charge in [0.05, 0.1) is 0 Å². The van der Waals surface area contributed by atoms with E-state index in [1.54, 1.807) is 4.74 Å². The maximum atomic E-state index is 14.5. The quantitative estimate of drug-likeness (QED) is 0.123. The zero-order valence-electron chi connectivity index (χ0n) is 16.4. The van der Waals surface area contributed by atoms with Crippen molar-refractivity contribution in [2.24, 2.45) is 0 Å². The summed E-state index contributed by atoms with van der Waals surface area (Å²) in [6.07, 6.45) is -32.8. The van der Waals surface area contributed by atoms with Gasteiger partial charge in [0.1, 0.15) is 19.8 Å². The van der Waals surface area contributed by atoms with Crippen molar-refractivity contribution in [2.45, 2.75) is 55.0 Å². The molecule has 0 amide bonds. The Morgan fingerprint density at radius 2 is 1.06 bits per heavy atom. The van der Waals surface area contributed by atoms with Crippen molar-refractivity contribution >= 4 is 11.6 Å².